The van der Waals surface area contributed by atoms with Crippen LogP contribution in [0.3, 0.4) is 0 Å². The predicted octanol–water partition coefficient (Wildman–Crippen LogP) is 5.69. The van der Waals surface area contributed by atoms with Crippen LogP contribution in [0.5, 0.6) is 0 Å². The first kappa shape index (κ1) is 17.9. The molecule has 1 aromatic heterocycles. The minimum absolute atomic E-state index is 0.287. The summed E-state index contributed by atoms with van der Waals surface area (Å²) in [5.41, 5.74) is 4.90. The molecule has 1 N–H and O–H groups in total. The average Bonchev–Trinajstić information content (AvgIpc) is 3.20. The minimum Gasteiger partial charge on any atom is -0.418 e. The number of nitrogens with zero attached hydrogens (tertiary/aromatic N) is 2. The second-order valence-corrected chi connectivity index (χ2v) is 6.76. The molecule has 5 heteroatoms. The van der Waals surface area contributed by atoms with Crippen molar-refractivity contribution >= 4 is 5.69 Å². The van der Waals surface area contributed by atoms with Crippen molar-refractivity contribution in [3.63, 3.8) is 0 Å². The third-order valence-electron chi connectivity index (χ3n) is 4.60. The monoisotopic (exact) mass is 373 g/mol. The van der Waals surface area contributed by atoms with Crippen molar-refractivity contribution in [1.82, 2.24) is 10.2 Å². The molecule has 0 aliphatic heterocycles. The van der Waals surface area contributed by atoms with Crippen LogP contribution in [-0.2, 0) is 0 Å². The van der Waals surface area contributed by atoms with Crippen LogP contribution in [0, 0.1) is 19.7 Å². The molecule has 3 aromatic carbocycles. The molecule has 0 amide bonds. The van der Waals surface area contributed by atoms with Gasteiger partial charge >= 0.3 is 0 Å². The molecule has 140 valence electrons. The highest BCUT2D eigenvalue weighted by Crippen LogP contribution is 2.30. The van der Waals surface area contributed by atoms with Crippen molar-refractivity contribution in [3.8, 4) is 11.5 Å². The molecular formula is C23H20FN3O. The fourth-order valence-corrected chi connectivity index (χ4v) is 3.04. The summed E-state index contributed by atoms with van der Waals surface area (Å²) in [5.74, 6) is 0.585. The van der Waals surface area contributed by atoms with E-state index in [1.54, 1.807) is 12.1 Å². The molecule has 1 atom stereocenters. The lowest BCUT2D eigenvalue weighted by Gasteiger charge is -2.19. The summed E-state index contributed by atoms with van der Waals surface area (Å²) in [6, 6.07) is 21.7. The van der Waals surface area contributed by atoms with Crippen LogP contribution in [0.1, 0.15) is 28.6 Å². The Labute approximate surface area is 163 Å². The zero-order valence-electron chi connectivity index (χ0n) is 15.7. The molecule has 0 saturated carbocycles. The Morgan fingerprint density at radius 2 is 1.64 bits per heavy atom. The van der Waals surface area contributed by atoms with Crippen molar-refractivity contribution in [2.24, 2.45) is 0 Å². The average molecular weight is 373 g/mol. The van der Waals surface area contributed by atoms with E-state index in [0.29, 0.717) is 11.8 Å². The Kier molecular flexibility index (Phi) is 4.89. The van der Waals surface area contributed by atoms with Crippen molar-refractivity contribution in [3.05, 3.63) is 101 Å². The number of hydrogen-bond acceptors (Lipinski definition) is 4. The summed E-state index contributed by atoms with van der Waals surface area (Å²) < 4.78 is 19.4. The third-order valence-corrected chi connectivity index (χ3v) is 4.60. The first-order chi connectivity index (χ1) is 13.6. The van der Waals surface area contributed by atoms with E-state index in [4.69, 9.17) is 4.42 Å². The third kappa shape index (κ3) is 3.78. The number of aryl methyl sites for hydroxylation is 2. The summed E-state index contributed by atoms with van der Waals surface area (Å²) in [6.07, 6.45) is 0. The molecule has 0 spiro atoms. The molecule has 4 nitrogen and oxygen atoms in total. The van der Waals surface area contributed by atoms with Crippen LogP contribution in [0.15, 0.2) is 77.2 Å². The Bertz CT molecular complexity index is 1070. The van der Waals surface area contributed by atoms with Crippen LogP contribution in [0.4, 0.5) is 10.1 Å². The second-order valence-electron chi connectivity index (χ2n) is 6.76. The van der Waals surface area contributed by atoms with E-state index in [1.807, 2.05) is 44.2 Å². The van der Waals surface area contributed by atoms with Crippen LogP contribution < -0.4 is 5.32 Å². The number of halogens is 1. The number of nitrogens with one attached hydrogen (secondary N) is 1. The SMILES string of the molecule is Cc1ccc(C)c(NC(c2ccc(F)cc2)c2nnc(-c3ccccc3)o2)c1. The van der Waals surface area contributed by atoms with Gasteiger partial charge in [0.2, 0.25) is 11.8 Å². The largest absolute Gasteiger partial charge is 0.418 e. The molecule has 0 aliphatic carbocycles. The lowest BCUT2D eigenvalue weighted by Crippen LogP contribution is -2.14. The van der Waals surface area contributed by atoms with Crippen molar-refractivity contribution in [1.29, 1.82) is 0 Å². The predicted molar refractivity (Wildman–Crippen MR) is 108 cm³/mol. The van der Waals surface area contributed by atoms with Gasteiger partial charge in [0.15, 0.2) is 0 Å². The van der Waals surface area contributed by atoms with Gasteiger partial charge in [-0.1, -0.05) is 42.5 Å². The molecule has 0 radical (unpaired) electrons. The molecule has 4 rings (SSSR count). The topological polar surface area (TPSA) is 51.0 Å². The highest BCUT2D eigenvalue weighted by molar-refractivity contribution is 5.56. The molecule has 0 aliphatic rings. The molecular weight excluding hydrogens is 353 g/mol. The molecule has 28 heavy (non-hydrogen) atoms. The van der Waals surface area contributed by atoms with Gasteiger partial charge in [0.25, 0.3) is 0 Å². The van der Waals surface area contributed by atoms with Gasteiger partial charge in [-0.15, -0.1) is 10.2 Å². The van der Waals surface area contributed by atoms with E-state index in [0.717, 1.165) is 27.9 Å². The van der Waals surface area contributed by atoms with Crippen LogP contribution in [0.25, 0.3) is 11.5 Å². The number of anilines is 1. The fraction of sp³-hybridized carbons (Fsp3) is 0.130. The second kappa shape index (κ2) is 7.64. The Morgan fingerprint density at radius 1 is 0.893 bits per heavy atom. The van der Waals surface area contributed by atoms with E-state index < -0.39 is 6.04 Å². The maximum atomic E-state index is 13.5. The summed E-state index contributed by atoms with van der Waals surface area (Å²) in [5, 5.41) is 12.0. The number of benzene rings is 3. The van der Waals surface area contributed by atoms with Crippen LogP contribution >= 0.6 is 0 Å². The van der Waals surface area contributed by atoms with Crippen molar-refractivity contribution in [2.45, 2.75) is 19.9 Å². The number of rotatable bonds is 5. The molecule has 0 saturated heterocycles. The molecule has 0 fully saturated rings. The first-order valence-electron chi connectivity index (χ1n) is 9.08. The lowest BCUT2D eigenvalue weighted by atomic mass is 10.0. The van der Waals surface area contributed by atoms with E-state index >= 15 is 0 Å². The maximum absolute atomic E-state index is 13.5. The van der Waals surface area contributed by atoms with Crippen molar-refractivity contribution < 1.29 is 8.81 Å². The van der Waals surface area contributed by atoms with E-state index in [-0.39, 0.29) is 5.82 Å². The van der Waals surface area contributed by atoms with E-state index in [2.05, 4.69) is 33.7 Å². The summed E-state index contributed by atoms with van der Waals surface area (Å²) in [7, 11) is 0. The summed E-state index contributed by atoms with van der Waals surface area (Å²) in [4.78, 5) is 0. The minimum atomic E-state index is -0.397. The Morgan fingerprint density at radius 3 is 2.39 bits per heavy atom. The normalized spacial score (nSPS) is 12.0. The van der Waals surface area contributed by atoms with Gasteiger partial charge < -0.3 is 9.73 Å². The first-order valence-corrected chi connectivity index (χ1v) is 9.08. The van der Waals surface area contributed by atoms with Gasteiger partial charge in [0.1, 0.15) is 11.9 Å². The van der Waals surface area contributed by atoms with E-state index in [1.165, 1.54) is 12.1 Å². The fourth-order valence-electron chi connectivity index (χ4n) is 3.04. The van der Waals surface area contributed by atoms with Gasteiger partial charge in [0, 0.05) is 11.3 Å². The summed E-state index contributed by atoms with van der Waals surface area (Å²) in [6.45, 7) is 4.07. The molecule has 1 heterocycles. The quantitative estimate of drug-likeness (QED) is 0.488. The van der Waals surface area contributed by atoms with Crippen LogP contribution in [0.2, 0.25) is 0 Å². The maximum Gasteiger partial charge on any atom is 0.247 e. The summed E-state index contributed by atoms with van der Waals surface area (Å²) >= 11 is 0. The van der Waals surface area contributed by atoms with Gasteiger partial charge in [0.05, 0.1) is 0 Å². The van der Waals surface area contributed by atoms with Crippen LogP contribution in [-0.4, -0.2) is 10.2 Å². The van der Waals surface area contributed by atoms with Gasteiger partial charge in [-0.3, -0.25) is 0 Å². The van der Waals surface area contributed by atoms with E-state index in [9.17, 15) is 4.39 Å². The molecule has 1 unspecified atom stereocenters. The lowest BCUT2D eigenvalue weighted by molar-refractivity contribution is 0.493. The number of aromatic nitrogens is 2. The Balaban J connectivity index is 1.74. The highest BCUT2D eigenvalue weighted by Gasteiger charge is 2.22. The Hall–Kier alpha value is -3.47. The standard InChI is InChI=1S/C23H20FN3O/c1-15-8-9-16(2)20(14-15)25-21(17-10-12-19(24)13-11-17)23-27-26-22(28-23)18-6-4-3-5-7-18/h3-14,21,25H,1-2H3. The van der Waals surface area contributed by atoms with Crippen molar-refractivity contribution in [2.75, 3.05) is 5.32 Å². The zero-order valence-corrected chi connectivity index (χ0v) is 15.7. The van der Waals surface area contributed by atoms with Gasteiger partial charge in [-0.25, -0.2) is 4.39 Å². The smallest absolute Gasteiger partial charge is 0.247 e. The highest BCUT2D eigenvalue weighted by atomic mass is 19.1. The molecule has 4 aromatic rings. The van der Waals surface area contributed by atoms with Gasteiger partial charge in [-0.05, 0) is 60.9 Å². The van der Waals surface area contributed by atoms with Gasteiger partial charge in [-0.2, -0.15) is 0 Å². The number of hydrogen-bond donors (Lipinski definition) is 1. The zero-order chi connectivity index (χ0) is 19.5. The molecule has 0 bridgehead atoms.